The lowest BCUT2D eigenvalue weighted by Gasteiger charge is -2.21. The second kappa shape index (κ2) is 10.8. The van der Waals surface area contributed by atoms with Gasteiger partial charge in [-0.1, -0.05) is 48.8 Å². The van der Waals surface area contributed by atoms with Gasteiger partial charge in [0.05, 0.1) is 22.7 Å². The zero-order chi connectivity index (χ0) is 27.6. The molecule has 0 spiro atoms. The molecule has 0 atom stereocenters. The molecule has 0 saturated carbocycles. The van der Waals surface area contributed by atoms with E-state index < -0.39 is 11.4 Å². The van der Waals surface area contributed by atoms with Crippen molar-refractivity contribution in [1.82, 2.24) is 9.66 Å². The summed E-state index contributed by atoms with van der Waals surface area (Å²) in [5.41, 5.74) is 2.39. The van der Waals surface area contributed by atoms with Gasteiger partial charge in [0.15, 0.2) is 0 Å². The van der Waals surface area contributed by atoms with Crippen LogP contribution >= 0.6 is 15.9 Å². The lowest BCUT2D eigenvalue weighted by molar-refractivity contribution is 0.0696. The Morgan fingerprint density at radius 2 is 1.89 bits per heavy atom. The number of carboxylic acids is 1. The van der Waals surface area contributed by atoms with Crippen LogP contribution in [0.4, 0.5) is 5.69 Å². The summed E-state index contributed by atoms with van der Waals surface area (Å²) < 4.78 is 8.26. The molecule has 4 rings (SSSR count). The van der Waals surface area contributed by atoms with E-state index in [2.05, 4.69) is 21.0 Å². The number of aromatic carboxylic acids is 1. The van der Waals surface area contributed by atoms with Crippen molar-refractivity contribution in [2.75, 3.05) is 19.0 Å². The number of benzene rings is 3. The highest BCUT2D eigenvalue weighted by atomic mass is 79.9. The van der Waals surface area contributed by atoms with Crippen molar-refractivity contribution in [2.24, 2.45) is 5.10 Å². The summed E-state index contributed by atoms with van der Waals surface area (Å²) in [7, 11) is 3.86. The van der Waals surface area contributed by atoms with Gasteiger partial charge in [0, 0.05) is 41.3 Å². The normalized spacial score (nSPS) is 11.7. The van der Waals surface area contributed by atoms with E-state index in [0.29, 0.717) is 28.0 Å². The largest absolute Gasteiger partial charge is 0.488 e. The van der Waals surface area contributed by atoms with Crippen LogP contribution in [0.5, 0.6) is 5.75 Å². The van der Waals surface area contributed by atoms with Crippen LogP contribution in [-0.2, 0) is 12.0 Å². The fraction of sp³-hybridized carbons (Fsp3) is 0.241. The van der Waals surface area contributed by atoms with Crippen molar-refractivity contribution in [2.45, 2.75) is 32.8 Å². The first kappa shape index (κ1) is 27.1. The van der Waals surface area contributed by atoms with Gasteiger partial charge in [-0.3, -0.25) is 4.79 Å². The maximum atomic E-state index is 13.5. The Labute approximate surface area is 229 Å². The summed E-state index contributed by atoms with van der Waals surface area (Å²) in [6.07, 6.45) is 1.59. The number of fused-ring (bicyclic) bond motifs is 1. The zero-order valence-corrected chi connectivity index (χ0v) is 23.5. The van der Waals surface area contributed by atoms with E-state index >= 15 is 0 Å². The smallest absolute Gasteiger partial charge is 0.335 e. The van der Waals surface area contributed by atoms with E-state index in [1.165, 1.54) is 10.7 Å². The van der Waals surface area contributed by atoms with Crippen molar-refractivity contribution in [3.05, 3.63) is 98.0 Å². The van der Waals surface area contributed by atoms with Crippen LogP contribution < -0.4 is 15.2 Å². The van der Waals surface area contributed by atoms with E-state index in [1.807, 2.05) is 76.2 Å². The summed E-state index contributed by atoms with van der Waals surface area (Å²) in [5, 5.41) is 14.3. The highest BCUT2D eigenvalue weighted by Crippen LogP contribution is 2.26. The number of hydrogen-bond acceptors (Lipinski definition) is 6. The Bertz CT molecular complexity index is 1600. The van der Waals surface area contributed by atoms with E-state index in [0.717, 1.165) is 15.7 Å². The molecule has 196 valence electrons. The first-order valence-corrected chi connectivity index (χ1v) is 12.8. The van der Waals surface area contributed by atoms with Gasteiger partial charge in [0.25, 0.3) is 5.56 Å². The summed E-state index contributed by atoms with van der Waals surface area (Å²) >= 11 is 3.43. The maximum absolute atomic E-state index is 13.5. The summed E-state index contributed by atoms with van der Waals surface area (Å²) in [4.78, 5) is 31.6. The Morgan fingerprint density at radius 3 is 2.58 bits per heavy atom. The van der Waals surface area contributed by atoms with Crippen LogP contribution in [0.2, 0.25) is 0 Å². The molecule has 0 saturated heterocycles. The van der Waals surface area contributed by atoms with Gasteiger partial charge in [0.2, 0.25) is 0 Å². The number of ether oxygens (including phenoxy) is 1. The predicted octanol–water partition coefficient (Wildman–Crippen LogP) is 5.68. The third-order valence-corrected chi connectivity index (χ3v) is 6.37. The average molecular weight is 577 g/mol. The minimum Gasteiger partial charge on any atom is -0.488 e. The molecule has 3 aromatic carbocycles. The fourth-order valence-corrected chi connectivity index (χ4v) is 4.21. The Morgan fingerprint density at radius 1 is 1.13 bits per heavy atom. The maximum Gasteiger partial charge on any atom is 0.335 e. The van der Waals surface area contributed by atoms with Crippen molar-refractivity contribution in [1.29, 1.82) is 0 Å². The molecule has 0 bridgehead atoms. The molecule has 0 aliphatic heterocycles. The second-order valence-corrected chi connectivity index (χ2v) is 11.0. The van der Waals surface area contributed by atoms with E-state index in [4.69, 9.17) is 9.72 Å². The van der Waals surface area contributed by atoms with Gasteiger partial charge in [-0.15, -0.1) is 0 Å². The molecule has 0 aliphatic carbocycles. The van der Waals surface area contributed by atoms with Crippen LogP contribution in [-0.4, -0.2) is 41.0 Å². The number of carboxylic acid groups (broad SMARTS) is 1. The predicted molar refractivity (Wildman–Crippen MR) is 154 cm³/mol. The van der Waals surface area contributed by atoms with Crippen molar-refractivity contribution < 1.29 is 14.6 Å². The Kier molecular flexibility index (Phi) is 7.68. The van der Waals surface area contributed by atoms with Crippen molar-refractivity contribution in [3.63, 3.8) is 0 Å². The molecule has 8 nitrogen and oxygen atoms in total. The Hall–Kier alpha value is -3.98. The fourth-order valence-electron chi connectivity index (χ4n) is 3.85. The molecule has 1 N–H and O–H groups in total. The van der Waals surface area contributed by atoms with Crippen LogP contribution in [0, 0.1) is 0 Å². The standard InChI is InChI=1S/C29H29BrN4O4/c1-29(2,3)28-32-24-12-10-21(30)14-23(24)26(35)34(28)31-16-20-9-11-22(33(4)5)15-25(20)38-17-18-7-6-8-19(13-18)27(36)37/h6-16H,17H2,1-5H3,(H,36,37). The molecule has 0 fully saturated rings. The number of carbonyl (C=O) groups is 1. The Balaban J connectivity index is 1.77. The number of nitrogens with zero attached hydrogens (tertiary/aromatic N) is 4. The molecular formula is C29H29BrN4O4. The first-order chi connectivity index (χ1) is 17.9. The number of anilines is 1. The molecule has 0 aliphatic rings. The van der Waals surface area contributed by atoms with Crippen molar-refractivity contribution in [3.8, 4) is 5.75 Å². The number of rotatable bonds is 7. The van der Waals surface area contributed by atoms with Crippen LogP contribution in [0.1, 0.15) is 48.1 Å². The van der Waals surface area contributed by atoms with Crippen LogP contribution in [0.15, 0.2) is 75.0 Å². The highest BCUT2D eigenvalue weighted by Gasteiger charge is 2.23. The molecule has 1 heterocycles. The van der Waals surface area contributed by atoms with Gasteiger partial charge in [-0.25, -0.2) is 9.78 Å². The van der Waals surface area contributed by atoms with E-state index in [1.54, 1.807) is 24.4 Å². The molecule has 0 radical (unpaired) electrons. The minimum absolute atomic E-state index is 0.164. The summed E-state index contributed by atoms with van der Waals surface area (Å²) in [6, 6.07) is 17.7. The SMILES string of the molecule is CN(C)c1ccc(C=Nn2c(C(C)(C)C)nc3ccc(Br)cc3c2=O)c(OCc2cccc(C(=O)O)c2)c1. The molecule has 0 unspecified atom stereocenters. The highest BCUT2D eigenvalue weighted by molar-refractivity contribution is 9.10. The third-order valence-electron chi connectivity index (χ3n) is 5.87. The van der Waals surface area contributed by atoms with Gasteiger partial charge < -0.3 is 14.7 Å². The van der Waals surface area contributed by atoms with Gasteiger partial charge in [-0.2, -0.15) is 9.78 Å². The average Bonchev–Trinajstić information content (AvgIpc) is 2.86. The molecule has 38 heavy (non-hydrogen) atoms. The second-order valence-electron chi connectivity index (χ2n) is 10.1. The summed E-state index contributed by atoms with van der Waals surface area (Å²) in [6.45, 7) is 6.11. The third kappa shape index (κ3) is 5.94. The molecule has 9 heteroatoms. The van der Waals surface area contributed by atoms with E-state index in [9.17, 15) is 14.7 Å². The van der Waals surface area contributed by atoms with E-state index in [-0.39, 0.29) is 17.7 Å². The lowest BCUT2D eigenvalue weighted by atomic mass is 9.95. The first-order valence-electron chi connectivity index (χ1n) is 12.0. The molecular weight excluding hydrogens is 548 g/mol. The number of aromatic nitrogens is 2. The topological polar surface area (TPSA) is 97.0 Å². The van der Waals surface area contributed by atoms with Crippen LogP contribution in [0.25, 0.3) is 10.9 Å². The molecule has 4 aromatic rings. The van der Waals surface area contributed by atoms with Crippen molar-refractivity contribution >= 4 is 44.7 Å². The summed E-state index contributed by atoms with van der Waals surface area (Å²) in [5.74, 6) is 0.0827. The molecule has 1 aromatic heterocycles. The zero-order valence-electron chi connectivity index (χ0n) is 21.9. The lowest BCUT2D eigenvalue weighted by Crippen LogP contribution is -2.29. The molecule has 0 amide bonds. The number of halogens is 1. The minimum atomic E-state index is -0.995. The van der Waals surface area contributed by atoms with Crippen LogP contribution in [0.3, 0.4) is 0 Å². The quantitative estimate of drug-likeness (QED) is 0.284. The van der Waals surface area contributed by atoms with Gasteiger partial charge in [-0.05, 0) is 48.0 Å². The van der Waals surface area contributed by atoms with Gasteiger partial charge in [0.1, 0.15) is 18.2 Å². The number of hydrogen-bond donors (Lipinski definition) is 1. The van der Waals surface area contributed by atoms with Gasteiger partial charge >= 0.3 is 5.97 Å². The monoisotopic (exact) mass is 576 g/mol.